The van der Waals surface area contributed by atoms with Crippen LogP contribution in [0.25, 0.3) is 0 Å². The van der Waals surface area contributed by atoms with E-state index in [1.807, 2.05) is 27.7 Å². The molecule has 12 heteroatoms. The van der Waals surface area contributed by atoms with Crippen LogP contribution in [-0.4, -0.2) is 71.1 Å². The summed E-state index contributed by atoms with van der Waals surface area (Å²) in [6.07, 6.45) is 3.70. The number of ether oxygens (including phenoxy) is 3. The number of aromatic nitrogens is 1. The van der Waals surface area contributed by atoms with Crippen LogP contribution in [-0.2, 0) is 34.2 Å². The van der Waals surface area contributed by atoms with Gasteiger partial charge in [-0.2, -0.15) is 0 Å². The second-order valence-corrected chi connectivity index (χ2v) is 12.5. The fourth-order valence-electron chi connectivity index (χ4n) is 5.29. The van der Waals surface area contributed by atoms with E-state index in [1.165, 1.54) is 0 Å². The number of aliphatic hydroxyl groups excluding tert-OH is 1. The fraction of sp³-hybridized carbons (Fsp3) is 0.700. The number of nitrogens with one attached hydrogen (secondary N) is 3. The first kappa shape index (κ1) is 33.4. The van der Waals surface area contributed by atoms with Crippen LogP contribution < -0.4 is 11.1 Å². The van der Waals surface area contributed by atoms with Crippen molar-refractivity contribution in [2.24, 2.45) is 22.1 Å². The Bertz CT molecular complexity index is 1140. The number of aliphatic imine (C=N–C) groups is 1. The van der Waals surface area contributed by atoms with Gasteiger partial charge in [0.15, 0.2) is 11.9 Å². The van der Waals surface area contributed by atoms with Crippen molar-refractivity contribution in [3.8, 4) is 0 Å². The Kier molecular flexibility index (Phi) is 11.4. The molecule has 1 aromatic rings. The Morgan fingerprint density at radius 3 is 2.62 bits per heavy atom. The van der Waals surface area contributed by atoms with Crippen LogP contribution in [0.1, 0.15) is 97.4 Å². The van der Waals surface area contributed by atoms with Crippen molar-refractivity contribution >= 4 is 30.0 Å². The van der Waals surface area contributed by atoms with E-state index in [1.54, 1.807) is 19.1 Å². The van der Waals surface area contributed by atoms with Gasteiger partial charge in [0.2, 0.25) is 5.91 Å². The van der Waals surface area contributed by atoms with Crippen molar-refractivity contribution in [3.63, 3.8) is 0 Å². The monoisotopic (exact) mass is 589 g/mol. The molecule has 1 aliphatic heterocycles. The molecule has 1 aliphatic carbocycles. The van der Waals surface area contributed by atoms with Gasteiger partial charge in [-0.1, -0.05) is 47.0 Å². The third kappa shape index (κ3) is 8.26. The number of rotatable bonds is 12. The lowest BCUT2D eigenvalue weighted by Gasteiger charge is -2.29. The maximum absolute atomic E-state index is 13.0. The number of nitrogens with zero attached hydrogens (tertiary/aromatic N) is 1. The highest BCUT2D eigenvalue weighted by Crippen LogP contribution is 2.41. The number of hydrogen-bond acceptors (Lipinski definition) is 9. The Hall–Kier alpha value is -3.09. The molecule has 234 valence electrons. The van der Waals surface area contributed by atoms with Crippen LogP contribution in [0.5, 0.6) is 0 Å². The first-order valence-corrected chi connectivity index (χ1v) is 14.8. The van der Waals surface area contributed by atoms with Crippen molar-refractivity contribution in [1.29, 1.82) is 5.41 Å². The van der Waals surface area contributed by atoms with Crippen molar-refractivity contribution in [1.82, 2.24) is 10.3 Å². The number of aliphatic hydroxyl groups is 1. The minimum Gasteiger partial charge on any atom is -0.463 e. The zero-order valence-electron chi connectivity index (χ0n) is 25.4. The Balaban J connectivity index is 1.82. The lowest BCUT2D eigenvalue weighted by molar-refractivity contribution is -0.163. The maximum atomic E-state index is 13.0. The van der Waals surface area contributed by atoms with Crippen molar-refractivity contribution in [2.45, 2.75) is 116 Å². The second-order valence-electron chi connectivity index (χ2n) is 12.5. The average molecular weight is 590 g/mol. The molecule has 0 radical (unpaired) electrons. The van der Waals surface area contributed by atoms with Gasteiger partial charge in [0, 0.05) is 12.8 Å². The standard InChI is InChI=1S/C30H47N5O7/c1-6-7-12-22(36)35-27(33-17-31)19-13-14-21(34-19)30(5)26(38)24(41-28(39)25(32)29(2,3)4)20(42-30)16-40-23(37)15-18-10-8-9-11-18/h13-14,17-18,20,24-26,34,38H,6-12,15-16,32H2,1-5H3,(H2,31,33,35,36)/t20-,24-,25-,26-,30+/m1/s1. The first-order chi connectivity index (χ1) is 19.8. The van der Waals surface area contributed by atoms with E-state index in [0.29, 0.717) is 36.6 Å². The molecule has 1 saturated heterocycles. The van der Waals surface area contributed by atoms with E-state index < -0.39 is 41.3 Å². The molecular formula is C30H47N5O7. The van der Waals surface area contributed by atoms with E-state index in [-0.39, 0.29) is 24.3 Å². The molecule has 1 saturated carbocycles. The third-order valence-corrected chi connectivity index (χ3v) is 8.10. The Morgan fingerprint density at radius 1 is 1.31 bits per heavy atom. The molecule has 12 nitrogen and oxygen atoms in total. The van der Waals surface area contributed by atoms with Gasteiger partial charge in [-0.05, 0) is 49.7 Å². The van der Waals surface area contributed by atoms with Crippen LogP contribution in [0.3, 0.4) is 0 Å². The van der Waals surface area contributed by atoms with Gasteiger partial charge in [-0.3, -0.25) is 19.8 Å². The number of aromatic amines is 1. The van der Waals surface area contributed by atoms with Crippen LogP contribution >= 0.6 is 0 Å². The number of esters is 2. The molecule has 0 spiro atoms. The van der Waals surface area contributed by atoms with E-state index in [0.717, 1.165) is 38.4 Å². The van der Waals surface area contributed by atoms with E-state index in [9.17, 15) is 19.5 Å². The smallest absolute Gasteiger partial charge is 0.323 e. The van der Waals surface area contributed by atoms with Crippen LogP contribution in [0, 0.1) is 16.7 Å². The number of unbranched alkanes of at least 4 members (excludes halogenated alkanes) is 1. The highest BCUT2D eigenvalue weighted by atomic mass is 16.6. The van der Waals surface area contributed by atoms with Crippen LogP contribution in [0.4, 0.5) is 0 Å². The summed E-state index contributed by atoms with van der Waals surface area (Å²) in [5.74, 6) is -0.862. The molecule has 42 heavy (non-hydrogen) atoms. The molecule has 3 rings (SSSR count). The predicted molar refractivity (Wildman–Crippen MR) is 157 cm³/mol. The molecule has 5 atom stereocenters. The summed E-state index contributed by atoms with van der Waals surface area (Å²) in [7, 11) is 0. The first-order valence-electron chi connectivity index (χ1n) is 14.8. The number of amides is 1. The topological polar surface area (TPSA) is 189 Å². The third-order valence-electron chi connectivity index (χ3n) is 8.10. The van der Waals surface area contributed by atoms with Crippen LogP contribution in [0.2, 0.25) is 0 Å². The number of amidine groups is 1. The van der Waals surface area contributed by atoms with E-state index >= 15 is 0 Å². The summed E-state index contributed by atoms with van der Waals surface area (Å²) >= 11 is 0. The molecule has 0 unspecified atom stereocenters. The Morgan fingerprint density at radius 2 is 2.00 bits per heavy atom. The Labute approximate surface area is 247 Å². The molecule has 2 aliphatic rings. The van der Waals surface area contributed by atoms with E-state index in [2.05, 4.69) is 15.3 Å². The predicted octanol–water partition coefficient (Wildman–Crippen LogP) is 3.06. The largest absolute Gasteiger partial charge is 0.463 e. The average Bonchev–Trinajstić information content (AvgIpc) is 3.68. The highest BCUT2D eigenvalue weighted by molar-refractivity contribution is 6.09. The number of nitrogens with two attached hydrogens (primary N) is 1. The molecule has 1 amide bonds. The molecule has 2 heterocycles. The lowest BCUT2D eigenvalue weighted by Crippen LogP contribution is -2.48. The summed E-state index contributed by atoms with van der Waals surface area (Å²) in [6, 6.07) is 2.34. The molecule has 0 bridgehead atoms. The zero-order chi connectivity index (χ0) is 31.1. The summed E-state index contributed by atoms with van der Waals surface area (Å²) in [6.45, 7) is 8.81. The summed E-state index contributed by atoms with van der Waals surface area (Å²) < 4.78 is 17.6. The molecule has 0 aromatic carbocycles. The fourth-order valence-corrected chi connectivity index (χ4v) is 5.29. The quantitative estimate of drug-likeness (QED) is 0.140. The number of H-pyrrole nitrogens is 1. The number of hydrogen-bond donors (Lipinski definition) is 5. The molecule has 1 aromatic heterocycles. The second kappa shape index (κ2) is 14.4. The lowest BCUT2D eigenvalue weighted by atomic mass is 9.87. The van der Waals surface area contributed by atoms with Gasteiger partial charge in [0.1, 0.15) is 36.8 Å². The van der Waals surface area contributed by atoms with E-state index in [4.69, 9.17) is 25.4 Å². The minimum absolute atomic E-state index is 0.143. The normalized spacial score (nSPS) is 25.7. The molecule has 6 N–H and O–H groups in total. The van der Waals surface area contributed by atoms with Gasteiger partial charge < -0.3 is 35.4 Å². The summed E-state index contributed by atoms with van der Waals surface area (Å²) in [5.41, 5.74) is 4.93. The molecular weight excluding hydrogens is 542 g/mol. The van der Waals surface area contributed by atoms with Gasteiger partial charge in [-0.25, -0.2) is 4.99 Å². The van der Waals surface area contributed by atoms with Crippen molar-refractivity contribution < 1.29 is 33.7 Å². The molecule has 2 fully saturated rings. The number of carbonyl (C=O) groups is 3. The maximum Gasteiger partial charge on any atom is 0.323 e. The SMILES string of the molecule is CCCCC(=O)NC(=NC=N)c1ccc([C@]2(C)O[C@H](COC(=O)CC3CCCC3)[C@@H](OC(=O)[C@@H](N)C(C)(C)C)[C@H]2O)[nH]1. The van der Waals surface area contributed by atoms with Gasteiger partial charge in [0.05, 0.1) is 11.4 Å². The van der Waals surface area contributed by atoms with Crippen LogP contribution in [0.15, 0.2) is 17.1 Å². The zero-order valence-corrected chi connectivity index (χ0v) is 25.4. The van der Waals surface area contributed by atoms with Crippen molar-refractivity contribution in [3.05, 3.63) is 23.5 Å². The van der Waals surface area contributed by atoms with Crippen molar-refractivity contribution in [2.75, 3.05) is 6.61 Å². The minimum atomic E-state index is -1.42. The summed E-state index contributed by atoms with van der Waals surface area (Å²) in [4.78, 5) is 45.0. The van der Waals surface area contributed by atoms with Gasteiger partial charge >= 0.3 is 11.9 Å². The summed E-state index contributed by atoms with van der Waals surface area (Å²) in [5, 5.41) is 21.6. The number of carbonyl (C=O) groups excluding carboxylic acids is 3. The van der Waals surface area contributed by atoms with Gasteiger partial charge in [0.25, 0.3) is 0 Å². The van der Waals surface area contributed by atoms with Gasteiger partial charge in [-0.15, -0.1) is 0 Å². The highest BCUT2D eigenvalue weighted by Gasteiger charge is 2.56.